The fourth-order valence-electron chi connectivity index (χ4n) is 9.24. The van der Waals surface area contributed by atoms with Gasteiger partial charge in [-0.2, -0.15) is 38.2 Å². The molecule has 78 heavy (non-hydrogen) atoms. The number of hydrogen-bond donors (Lipinski definition) is 4. The third kappa shape index (κ3) is 18.3. The number of rotatable bonds is 35. The van der Waals surface area contributed by atoms with Crippen molar-refractivity contribution in [2.24, 2.45) is 0 Å². The standard InChI is InChI=1S/C49H67N3O22S4/c1-48(18-7-33-75(56,57)58)39-35-37(77(62,63)64)11-13-41(39)50(20-23-69-22-17-47(55)74-52-45(53)15-16-46(52)54)43(48)9-5-4-6-10-44-49(2,19-8-34-76(59,60)61)40-36-38(78(65,66)67)12-14-42(40)51(44)21-24-70-27-28-72-31-32-73-30-29-71-26-25-68-3/h4-6,9-14,35-36H,7-8,15-34H2,1-3H3,(H3-,56,57,58,59,60,61,62,63,64,65,66,67)/p+1. The number of imide groups is 1. The Hall–Kier alpha value is -4.86. The molecule has 0 saturated carbocycles. The number of allylic oxidation sites excluding steroid dienone is 6. The summed E-state index contributed by atoms with van der Waals surface area (Å²) >= 11 is 0. The molecule has 1 fully saturated rings. The van der Waals surface area contributed by atoms with Crippen molar-refractivity contribution in [3.63, 3.8) is 0 Å². The van der Waals surface area contributed by atoms with Gasteiger partial charge in [0.15, 0.2) is 12.3 Å². The summed E-state index contributed by atoms with van der Waals surface area (Å²) in [6.07, 6.45) is 7.80. The number of benzene rings is 2. The first-order chi connectivity index (χ1) is 36.7. The zero-order valence-corrected chi connectivity index (χ0v) is 46.8. The van der Waals surface area contributed by atoms with Crippen LogP contribution in [0.5, 0.6) is 0 Å². The van der Waals surface area contributed by atoms with Crippen molar-refractivity contribution in [2.45, 2.75) is 79.4 Å². The van der Waals surface area contributed by atoms with Gasteiger partial charge < -0.3 is 38.2 Å². The van der Waals surface area contributed by atoms with Gasteiger partial charge >= 0.3 is 5.97 Å². The molecule has 25 nitrogen and oxygen atoms in total. The van der Waals surface area contributed by atoms with Gasteiger partial charge in [0, 0.05) is 61.0 Å². The highest BCUT2D eigenvalue weighted by molar-refractivity contribution is 7.86. The normalized spacial score (nSPS) is 19.6. The van der Waals surface area contributed by atoms with Gasteiger partial charge in [-0.25, -0.2) is 4.79 Å². The van der Waals surface area contributed by atoms with Crippen molar-refractivity contribution in [2.75, 3.05) is 109 Å². The Morgan fingerprint density at radius 3 is 1.71 bits per heavy atom. The van der Waals surface area contributed by atoms with Gasteiger partial charge in [0.25, 0.3) is 52.3 Å². The van der Waals surface area contributed by atoms with Gasteiger partial charge in [0.1, 0.15) is 6.61 Å². The van der Waals surface area contributed by atoms with Crippen molar-refractivity contribution in [1.82, 2.24) is 5.06 Å². The Balaban J connectivity index is 1.44. The van der Waals surface area contributed by atoms with E-state index in [-0.39, 0.29) is 91.1 Å². The van der Waals surface area contributed by atoms with Gasteiger partial charge in [0.2, 0.25) is 5.69 Å². The minimum absolute atomic E-state index is 0.0362. The van der Waals surface area contributed by atoms with E-state index in [1.807, 2.05) is 4.90 Å². The lowest BCUT2D eigenvalue weighted by molar-refractivity contribution is -0.442. The molecule has 2 aromatic carbocycles. The fourth-order valence-corrected chi connectivity index (χ4v) is 11.3. The largest absolute Gasteiger partial charge is 0.382 e. The van der Waals surface area contributed by atoms with Crippen molar-refractivity contribution >= 4 is 75.3 Å². The van der Waals surface area contributed by atoms with Crippen LogP contribution >= 0.6 is 0 Å². The SMILES string of the molecule is COCCOCCOCCOCCOCCN1C(=CC=CC=CC2=[N+](CCOCCC(=O)ON3C(=O)CCC3=O)c3ccc(S(=O)(=O)O)cc3C2(C)CCCS(=O)(=O)O)C(C)(CCCS(=O)(=O)O)c2cc(S(=O)(=O)O)ccc21. The molecular weight excluding hydrogens is 1110 g/mol. The summed E-state index contributed by atoms with van der Waals surface area (Å²) in [7, 11) is -16.7. The molecule has 3 heterocycles. The number of ether oxygens (including phenoxy) is 6. The lowest BCUT2D eigenvalue weighted by atomic mass is 9.76. The van der Waals surface area contributed by atoms with Crippen molar-refractivity contribution in [3.8, 4) is 0 Å². The molecule has 2 amide bonds. The Labute approximate surface area is 454 Å². The predicted molar refractivity (Wildman–Crippen MR) is 280 cm³/mol. The zero-order chi connectivity index (χ0) is 57.4. The van der Waals surface area contributed by atoms with Gasteiger partial charge in [0.05, 0.1) is 99.2 Å². The summed E-state index contributed by atoms with van der Waals surface area (Å²) in [6, 6.07) is 7.98. The molecule has 2 aromatic rings. The number of amides is 2. The molecule has 3 aliphatic rings. The van der Waals surface area contributed by atoms with Crippen LogP contribution in [-0.2, 0) is 98.9 Å². The van der Waals surface area contributed by atoms with Crippen LogP contribution in [0.15, 0.2) is 82.3 Å². The van der Waals surface area contributed by atoms with E-state index in [9.17, 15) is 66.3 Å². The molecule has 0 bridgehead atoms. The average Bonchev–Trinajstić information content (AvgIpc) is 3.88. The second-order valence-electron chi connectivity index (χ2n) is 18.6. The van der Waals surface area contributed by atoms with Crippen LogP contribution in [0.1, 0.15) is 69.9 Å². The summed E-state index contributed by atoms with van der Waals surface area (Å²) < 4.78 is 172. The third-order valence-corrected chi connectivity index (χ3v) is 16.3. The number of fused-ring (bicyclic) bond motifs is 2. The van der Waals surface area contributed by atoms with E-state index >= 15 is 0 Å². The van der Waals surface area contributed by atoms with Gasteiger partial charge in [-0.15, -0.1) is 5.06 Å². The van der Waals surface area contributed by atoms with Crippen LogP contribution in [0.25, 0.3) is 0 Å². The number of hydrogen-bond acceptors (Lipinski definition) is 19. The van der Waals surface area contributed by atoms with E-state index in [0.29, 0.717) is 78.6 Å². The summed E-state index contributed by atoms with van der Waals surface area (Å²) in [6.45, 7) is 6.48. The van der Waals surface area contributed by atoms with E-state index in [2.05, 4.69) is 0 Å². The lowest BCUT2D eigenvalue weighted by Crippen LogP contribution is -2.33. The molecule has 2 atom stereocenters. The second-order valence-corrected chi connectivity index (χ2v) is 24.6. The van der Waals surface area contributed by atoms with Crippen molar-refractivity contribution in [3.05, 3.63) is 83.6 Å². The molecule has 5 rings (SSSR count). The van der Waals surface area contributed by atoms with Crippen LogP contribution in [-0.4, -0.2) is 189 Å². The first-order valence-corrected chi connectivity index (χ1v) is 30.9. The third-order valence-electron chi connectivity index (χ3n) is 13.0. The van der Waals surface area contributed by atoms with Crippen LogP contribution < -0.4 is 4.90 Å². The smallest absolute Gasteiger partial charge is 0.335 e. The fraction of sp³-hybridized carbons (Fsp3) is 0.551. The lowest BCUT2D eigenvalue weighted by Gasteiger charge is -2.30. The molecule has 2 unspecified atom stereocenters. The summed E-state index contributed by atoms with van der Waals surface area (Å²) in [4.78, 5) is 42.2. The summed E-state index contributed by atoms with van der Waals surface area (Å²) in [5.74, 6) is -3.42. The Morgan fingerprint density at radius 1 is 0.641 bits per heavy atom. The van der Waals surface area contributed by atoms with E-state index in [1.165, 1.54) is 36.4 Å². The zero-order valence-electron chi connectivity index (χ0n) is 43.5. The van der Waals surface area contributed by atoms with Crippen molar-refractivity contribution in [1.29, 1.82) is 0 Å². The van der Waals surface area contributed by atoms with E-state index in [0.717, 1.165) is 0 Å². The van der Waals surface area contributed by atoms with E-state index in [1.54, 1.807) is 55.9 Å². The number of methoxy groups -OCH3 is 1. The highest BCUT2D eigenvalue weighted by Crippen LogP contribution is 2.51. The molecule has 434 valence electrons. The Morgan fingerprint density at radius 2 is 1.15 bits per heavy atom. The maximum atomic E-state index is 12.4. The quantitative estimate of drug-likeness (QED) is 0.0253. The van der Waals surface area contributed by atoms with Gasteiger partial charge in [-0.3, -0.25) is 27.8 Å². The molecule has 1 saturated heterocycles. The number of carbonyl (C=O) groups excluding carboxylic acids is 3. The number of carbonyl (C=O) groups is 3. The second kappa shape index (κ2) is 28.5. The number of nitrogens with zero attached hydrogens (tertiary/aromatic N) is 3. The first kappa shape index (κ1) is 64.0. The van der Waals surface area contributed by atoms with Gasteiger partial charge in [-0.05, 0) is 81.5 Å². The highest BCUT2D eigenvalue weighted by Gasteiger charge is 2.48. The topological polar surface area (TPSA) is 343 Å². The molecule has 0 spiro atoms. The first-order valence-electron chi connectivity index (χ1n) is 24.8. The van der Waals surface area contributed by atoms with Crippen molar-refractivity contribution < 1.29 is 104 Å². The number of hydroxylamine groups is 2. The molecule has 0 radical (unpaired) electrons. The minimum atomic E-state index is -4.73. The van der Waals surface area contributed by atoms with Crippen LogP contribution in [0.4, 0.5) is 11.4 Å². The Kier molecular flexibility index (Phi) is 23.4. The van der Waals surface area contributed by atoms with Gasteiger partial charge in [-0.1, -0.05) is 18.2 Å². The average molecular weight is 1180 g/mol. The highest BCUT2D eigenvalue weighted by atomic mass is 32.2. The molecule has 29 heteroatoms. The summed E-state index contributed by atoms with van der Waals surface area (Å²) in [5, 5.41) is 0.419. The predicted octanol–water partition coefficient (Wildman–Crippen LogP) is 3.37. The van der Waals surface area contributed by atoms with Crippen LogP contribution in [0, 0.1) is 0 Å². The molecular formula is C49H68N3O22S4+. The van der Waals surface area contributed by atoms with E-state index in [4.69, 9.17) is 33.3 Å². The Bertz CT molecular complexity index is 3040. The molecule has 0 aromatic heterocycles. The maximum Gasteiger partial charge on any atom is 0.335 e. The van der Waals surface area contributed by atoms with Crippen LogP contribution in [0.3, 0.4) is 0 Å². The van der Waals surface area contributed by atoms with E-state index < -0.39 is 90.4 Å². The monoisotopic (exact) mass is 1180 g/mol. The number of anilines is 1. The molecule has 0 aliphatic carbocycles. The summed E-state index contributed by atoms with van der Waals surface area (Å²) in [5.41, 5.74) is 0.554. The minimum Gasteiger partial charge on any atom is -0.382 e. The molecule has 3 aliphatic heterocycles. The maximum absolute atomic E-state index is 12.4. The molecule has 4 N–H and O–H groups in total. The van der Waals surface area contributed by atoms with Crippen LogP contribution in [0.2, 0.25) is 0 Å².